The zero-order chi connectivity index (χ0) is 26.1. The third-order valence-corrected chi connectivity index (χ3v) is 6.34. The van der Waals surface area contributed by atoms with Crippen molar-refractivity contribution in [1.82, 2.24) is 29.0 Å². The molecule has 10 nitrogen and oxygen atoms in total. The lowest BCUT2D eigenvalue weighted by molar-refractivity contribution is -0.192. The molecule has 1 N–H and O–H groups in total. The van der Waals surface area contributed by atoms with E-state index in [-0.39, 0.29) is 5.41 Å². The van der Waals surface area contributed by atoms with Crippen molar-refractivity contribution in [2.75, 3.05) is 13.1 Å². The second-order valence-electron chi connectivity index (χ2n) is 9.22. The summed E-state index contributed by atoms with van der Waals surface area (Å²) in [6.07, 6.45) is 0.594. The molecule has 0 radical (unpaired) electrons. The van der Waals surface area contributed by atoms with Crippen LogP contribution in [0.1, 0.15) is 23.4 Å². The molecule has 3 aromatic rings. The number of carbonyl (C=O) groups is 1. The van der Waals surface area contributed by atoms with Crippen LogP contribution < -0.4 is 11.1 Å². The van der Waals surface area contributed by atoms with Crippen LogP contribution in [0.5, 0.6) is 0 Å². The van der Waals surface area contributed by atoms with E-state index in [0.29, 0.717) is 13.1 Å². The number of halogens is 3. The second kappa shape index (κ2) is 9.72. The van der Waals surface area contributed by atoms with Crippen molar-refractivity contribution in [2.24, 2.45) is 12.5 Å². The minimum atomic E-state index is -5.08. The summed E-state index contributed by atoms with van der Waals surface area (Å²) in [4.78, 5) is 36.6. The number of rotatable bonds is 4. The van der Waals surface area contributed by atoms with Crippen molar-refractivity contribution >= 4 is 5.97 Å². The average Bonchev–Trinajstić information content (AvgIpc) is 3.51. The van der Waals surface area contributed by atoms with E-state index in [4.69, 9.17) is 9.90 Å². The Kier molecular flexibility index (Phi) is 6.85. The number of fused-ring (bicyclic) bond motifs is 1. The van der Waals surface area contributed by atoms with Crippen molar-refractivity contribution in [3.05, 3.63) is 80.4 Å². The monoisotopic (exact) mass is 506 g/mol. The highest BCUT2D eigenvalue weighted by atomic mass is 19.4. The molecular formula is C23H25F3N6O4. The van der Waals surface area contributed by atoms with Crippen LogP contribution in [0.15, 0.2) is 52.3 Å². The average molecular weight is 506 g/mol. The number of aromatic nitrogens is 5. The van der Waals surface area contributed by atoms with Crippen molar-refractivity contribution in [3.8, 4) is 0 Å². The molecule has 1 saturated heterocycles. The molecule has 2 aliphatic heterocycles. The predicted octanol–water partition coefficient (Wildman–Crippen LogP) is 1.27. The lowest BCUT2D eigenvalue weighted by Gasteiger charge is -2.22. The molecule has 192 valence electrons. The maximum Gasteiger partial charge on any atom is 0.490 e. The first-order valence-electron chi connectivity index (χ1n) is 11.2. The van der Waals surface area contributed by atoms with Gasteiger partial charge in [0.05, 0.1) is 12.7 Å². The fraction of sp³-hybridized carbons (Fsp3) is 0.435. The quantitative estimate of drug-likeness (QED) is 0.530. The predicted molar refractivity (Wildman–Crippen MR) is 121 cm³/mol. The lowest BCUT2D eigenvalue weighted by atomic mass is 9.86. The van der Waals surface area contributed by atoms with Gasteiger partial charge in [-0.1, -0.05) is 30.3 Å². The molecule has 2 aliphatic rings. The molecule has 5 rings (SSSR count). The number of likely N-dealkylation sites (tertiary alicyclic amines) is 1. The van der Waals surface area contributed by atoms with Gasteiger partial charge in [-0.25, -0.2) is 9.48 Å². The minimum absolute atomic E-state index is 0.0141. The van der Waals surface area contributed by atoms with E-state index < -0.39 is 23.3 Å². The van der Waals surface area contributed by atoms with Gasteiger partial charge in [-0.2, -0.15) is 23.4 Å². The molecule has 0 saturated carbocycles. The third kappa shape index (κ3) is 5.56. The van der Waals surface area contributed by atoms with Crippen molar-refractivity contribution < 1.29 is 23.1 Å². The fourth-order valence-corrected chi connectivity index (χ4v) is 4.71. The molecule has 0 aliphatic carbocycles. The molecular weight excluding hydrogens is 481 g/mol. The smallest absolute Gasteiger partial charge is 0.475 e. The summed E-state index contributed by atoms with van der Waals surface area (Å²) in [7, 11) is 1.92. The highest BCUT2D eigenvalue weighted by Crippen LogP contribution is 2.39. The van der Waals surface area contributed by atoms with Gasteiger partial charge >= 0.3 is 23.3 Å². The summed E-state index contributed by atoms with van der Waals surface area (Å²) < 4.78 is 36.5. The first-order valence-corrected chi connectivity index (χ1v) is 11.2. The topological polar surface area (TPSA) is 115 Å². The first kappa shape index (κ1) is 25.4. The lowest BCUT2D eigenvalue weighted by Crippen LogP contribution is -2.43. The van der Waals surface area contributed by atoms with Gasteiger partial charge in [0.15, 0.2) is 0 Å². The van der Waals surface area contributed by atoms with Gasteiger partial charge in [0.25, 0.3) is 0 Å². The van der Waals surface area contributed by atoms with Crippen LogP contribution in [-0.2, 0) is 37.9 Å². The number of aryl methyl sites for hydroxylation is 1. The maximum absolute atomic E-state index is 12.8. The summed E-state index contributed by atoms with van der Waals surface area (Å²) in [5.41, 5.74) is 1.15. The van der Waals surface area contributed by atoms with Gasteiger partial charge in [-0.05, 0) is 18.5 Å². The summed E-state index contributed by atoms with van der Waals surface area (Å²) >= 11 is 0. The van der Waals surface area contributed by atoms with Gasteiger partial charge in [0, 0.05) is 50.3 Å². The van der Waals surface area contributed by atoms with Crippen LogP contribution in [0.4, 0.5) is 13.2 Å². The van der Waals surface area contributed by atoms with Crippen molar-refractivity contribution in [1.29, 1.82) is 0 Å². The van der Waals surface area contributed by atoms with Gasteiger partial charge < -0.3 is 5.11 Å². The Bertz CT molecular complexity index is 1360. The van der Waals surface area contributed by atoms with E-state index in [9.17, 15) is 22.8 Å². The summed E-state index contributed by atoms with van der Waals surface area (Å²) in [6.45, 7) is 3.64. The van der Waals surface area contributed by atoms with Gasteiger partial charge in [-0.15, -0.1) is 0 Å². The van der Waals surface area contributed by atoms with Crippen molar-refractivity contribution in [3.63, 3.8) is 0 Å². The maximum atomic E-state index is 12.8. The number of nitrogens with zero attached hydrogens (tertiary/aromatic N) is 6. The Balaban J connectivity index is 0.000000384. The molecule has 1 fully saturated rings. The molecule has 1 spiro atoms. The van der Waals surface area contributed by atoms with E-state index in [0.717, 1.165) is 43.9 Å². The van der Waals surface area contributed by atoms with Crippen LogP contribution in [0.2, 0.25) is 0 Å². The van der Waals surface area contributed by atoms with Crippen LogP contribution in [0, 0.1) is 5.41 Å². The number of hydrogen-bond acceptors (Lipinski definition) is 6. The number of benzene rings is 1. The number of hydrogen-bond donors (Lipinski definition) is 1. The zero-order valence-corrected chi connectivity index (χ0v) is 19.5. The van der Waals surface area contributed by atoms with Gasteiger partial charge in [0.2, 0.25) is 0 Å². The molecule has 1 atom stereocenters. The number of carboxylic acids is 1. The van der Waals surface area contributed by atoms with Crippen LogP contribution in [0.3, 0.4) is 0 Å². The number of alkyl halides is 3. The summed E-state index contributed by atoms with van der Waals surface area (Å²) in [5.74, 6) is -2.03. The number of aliphatic carboxylic acids is 1. The third-order valence-electron chi connectivity index (χ3n) is 6.34. The Hall–Kier alpha value is -3.74. The first-order chi connectivity index (χ1) is 17.0. The Morgan fingerprint density at radius 2 is 1.78 bits per heavy atom. The number of carboxylic acid groups (broad SMARTS) is 1. The van der Waals surface area contributed by atoms with E-state index in [1.165, 1.54) is 10.2 Å². The van der Waals surface area contributed by atoms with Crippen LogP contribution >= 0.6 is 0 Å². The van der Waals surface area contributed by atoms with E-state index in [1.807, 2.05) is 54.5 Å². The normalized spacial score (nSPS) is 19.2. The summed E-state index contributed by atoms with van der Waals surface area (Å²) in [6, 6.07) is 9.65. The molecule has 1 unspecified atom stereocenters. The standard InChI is InChI=1S/C21H24N6O2.C2HF3O2/c1-24-11-17(10-22-24)12-25-8-7-21(14-25)9-18-23-27(13-16-5-3-2-4-6-16)20(29)19(28)26(18)15-21;3-2(4,5)1(6)7/h2-6,10-11H,7-9,12-15H2,1H3;(H,6,7). The molecule has 36 heavy (non-hydrogen) atoms. The SMILES string of the molecule is Cn1cc(CN2CCC3(Cc4nn(Cc5ccccc5)c(=O)c(=O)n4C3)C2)cn1.O=C(O)C(F)(F)F. The van der Waals surface area contributed by atoms with E-state index in [1.54, 1.807) is 4.57 Å². The van der Waals surface area contributed by atoms with E-state index in [2.05, 4.69) is 15.1 Å². The van der Waals surface area contributed by atoms with E-state index >= 15 is 0 Å². The molecule has 0 amide bonds. The molecule has 0 bridgehead atoms. The highest BCUT2D eigenvalue weighted by molar-refractivity contribution is 5.73. The van der Waals surface area contributed by atoms with Crippen LogP contribution in [-0.4, -0.2) is 59.4 Å². The Labute approximate surface area is 203 Å². The Morgan fingerprint density at radius 3 is 2.39 bits per heavy atom. The summed E-state index contributed by atoms with van der Waals surface area (Å²) in [5, 5.41) is 15.9. The second-order valence-corrected chi connectivity index (χ2v) is 9.22. The minimum Gasteiger partial charge on any atom is -0.475 e. The molecule has 2 aromatic heterocycles. The van der Waals surface area contributed by atoms with Gasteiger partial charge in [-0.3, -0.25) is 23.7 Å². The highest BCUT2D eigenvalue weighted by Gasteiger charge is 2.44. The Morgan fingerprint density at radius 1 is 1.08 bits per heavy atom. The fourth-order valence-electron chi connectivity index (χ4n) is 4.71. The van der Waals surface area contributed by atoms with Crippen molar-refractivity contribution in [2.45, 2.75) is 38.7 Å². The molecule has 4 heterocycles. The molecule has 1 aromatic carbocycles. The van der Waals surface area contributed by atoms with Gasteiger partial charge in [0.1, 0.15) is 5.82 Å². The largest absolute Gasteiger partial charge is 0.490 e. The van der Waals surface area contributed by atoms with Crippen LogP contribution in [0.25, 0.3) is 0 Å². The molecule has 13 heteroatoms. The zero-order valence-electron chi connectivity index (χ0n) is 19.5.